The fraction of sp³-hybridized carbons (Fsp3) is 0.387. The van der Waals surface area contributed by atoms with Crippen LogP contribution in [-0.4, -0.2) is 27.2 Å². The van der Waals surface area contributed by atoms with Crippen LogP contribution in [0.4, 0.5) is 0 Å². The zero-order chi connectivity index (χ0) is 26.3. The number of ether oxygens (including phenoxy) is 1. The standard InChI is InChI=1S/C31H37O4Si/c1-8-31(25-18-15-21(30(2,3)4)19-26(25)35-36(6)7)24-12-10-9-11-23(24)27(28(31)29(32)33)20-13-16-22(34-5)17-14-20/h9-19,27-28H,8H2,1-7H3,(H,32,33). The molecule has 189 valence electrons. The predicted molar refractivity (Wildman–Crippen MR) is 147 cm³/mol. The van der Waals surface area contributed by atoms with Gasteiger partial charge in [-0.1, -0.05) is 76.2 Å². The molecule has 0 bridgehead atoms. The van der Waals surface area contributed by atoms with Crippen molar-refractivity contribution in [2.24, 2.45) is 5.92 Å². The third-order valence-electron chi connectivity index (χ3n) is 7.58. The van der Waals surface area contributed by atoms with Crippen LogP contribution >= 0.6 is 0 Å². The lowest BCUT2D eigenvalue weighted by atomic mass is 9.65. The normalized spacial score (nSPS) is 21.3. The summed E-state index contributed by atoms with van der Waals surface area (Å²) in [4.78, 5) is 13.2. The molecule has 4 nitrogen and oxygen atoms in total. The lowest BCUT2D eigenvalue weighted by molar-refractivity contribution is -0.144. The molecule has 0 saturated carbocycles. The molecule has 1 N–H and O–H groups in total. The average molecular weight is 502 g/mol. The molecule has 1 aliphatic rings. The first kappa shape index (κ1) is 26.0. The summed E-state index contributed by atoms with van der Waals surface area (Å²) >= 11 is 0. The Morgan fingerprint density at radius 2 is 1.67 bits per heavy atom. The van der Waals surface area contributed by atoms with Crippen LogP contribution in [0.3, 0.4) is 0 Å². The highest BCUT2D eigenvalue weighted by Gasteiger charge is 2.57. The van der Waals surface area contributed by atoms with Gasteiger partial charge in [-0.25, -0.2) is 0 Å². The molecule has 0 spiro atoms. The fourth-order valence-corrected chi connectivity index (χ4v) is 6.53. The van der Waals surface area contributed by atoms with Crippen LogP contribution in [0.1, 0.15) is 67.9 Å². The van der Waals surface area contributed by atoms with E-state index < -0.39 is 26.3 Å². The smallest absolute Gasteiger partial charge is 0.308 e. The molecule has 3 aromatic rings. The van der Waals surface area contributed by atoms with E-state index in [2.05, 4.69) is 71.1 Å². The number of benzene rings is 3. The zero-order valence-electron chi connectivity index (χ0n) is 22.4. The number of carboxylic acid groups (broad SMARTS) is 1. The van der Waals surface area contributed by atoms with Crippen LogP contribution in [-0.2, 0) is 15.6 Å². The van der Waals surface area contributed by atoms with Crippen molar-refractivity contribution in [3.8, 4) is 11.5 Å². The number of methoxy groups -OCH3 is 1. The van der Waals surface area contributed by atoms with Crippen LogP contribution in [0.2, 0.25) is 13.1 Å². The number of rotatable bonds is 7. The van der Waals surface area contributed by atoms with E-state index in [0.29, 0.717) is 6.42 Å². The molecule has 0 heterocycles. The molecular formula is C31H37O4Si. The average Bonchev–Trinajstić information content (AvgIpc) is 3.14. The van der Waals surface area contributed by atoms with Crippen molar-refractivity contribution in [2.45, 2.75) is 64.0 Å². The number of hydrogen-bond acceptors (Lipinski definition) is 3. The van der Waals surface area contributed by atoms with Gasteiger partial charge in [0, 0.05) is 16.9 Å². The van der Waals surface area contributed by atoms with Crippen LogP contribution in [0.15, 0.2) is 66.7 Å². The lowest BCUT2D eigenvalue weighted by Crippen LogP contribution is -2.39. The first-order chi connectivity index (χ1) is 17.0. The van der Waals surface area contributed by atoms with E-state index in [1.807, 2.05) is 36.4 Å². The van der Waals surface area contributed by atoms with E-state index in [1.54, 1.807) is 7.11 Å². The van der Waals surface area contributed by atoms with Gasteiger partial charge in [0.15, 0.2) is 0 Å². The summed E-state index contributed by atoms with van der Waals surface area (Å²) in [5.74, 6) is -0.182. The monoisotopic (exact) mass is 501 g/mol. The van der Waals surface area contributed by atoms with Gasteiger partial charge in [-0.2, -0.15) is 0 Å². The molecule has 3 aromatic carbocycles. The van der Waals surface area contributed by atoms with Gasteiger partial charge in [0.05, 0.1) is 13.0 Å². The first-order valence-electron chi connectivity index (χ1n) is 12.6. The number of aliphatic carboxylic acids is 1. The highest BCUT2D eigenvalue weighted by Crippen LogP contribution is 2.60. The number of carboxylic acids is 1. The summed E-state index contributed by atoms with van der Waals surface area (Å²) in [5.41, 5.74) is 4.51. The minimum absolute atomic E-state index is 0.0458. The van der Waals surface area contributed by atoms with Gasteiger partial charge in [0.1, 0.15) is 11.5 Å². The van der Waals surface area contributed by atoms with E-state index in [-0.39, 0.29) is 11.3 Å². The second kappa shape index (κ2) is 9.77. The molecule has 1 aliphatic carbocycles. The van der Waals surface area contributed by atoms with Gasteiger partial charge in [-0.05, 0) is 65.4 Å². The van der Waals surface area contributed by atoms with Gasteiger partial charge in [-0.3, -0.25) is 4.79 Å². The Morgan fingerprint density at radius 1 is 1.00 bits per heavy atom. The SMILES string of the molecule is CCC1(c2ccc(C(C)(C)C)cc2O[Si](C)C)c2ccccc2C(c2ccc(OC)cc2)C1C(=O)O. The molecule has 3 unspecified atom stereocenters. The van der Waals surface area contributed by atoms with Crippen molar-refractivity contribution < 1.29 is 19.1 Å². The van der Waals surface area contributed by atoms with Crippen LogP contribution in [0, 0.1) is 5.92 Å². The summed E-state index contributed by atoms with van der Waals surface area (Å²) in [6.07, 6.45) is 0.647. The number of carbonyl (C=O) groups is 1. The number of fused-ring (bicyclic) bond motifs is 1. The molecular weight excluding hydrogens is 464 g/mol. The van der Waals surface area contributed by atoms with Crippen molar-refractivity contribution in [3.63, 3.8) is 0 Å². The van der Waals surface area contributed by atoms with E-state index in [1.165, 1.54) is 5.56 Å². The highest BCUT2D eigenvalue weighted by molar-refractivity contribution is 6.49. The van der Waals surface area contributed by atoms with Crippen molar-refractivity contribution in [1.82, 2.24) is 0 Å². The maximum atomic E-state index is 13.2. The van der Waals surface area contributed by atoms with Gasteiger partial charge in [0.25, 0.3) is 9.04 Å². The van der Waals surface area contributed by atoms with Crippen LogP contribution in [0.5, 0.6) is 11.5 Å². The molecule has 3 atom stereocenters. The van der Waals surface area contributed by atoms with Crippen molar-refractivity contribution in [3.05, 3.63) is 94.5 Å². The van der Waals surface area contributed by atoms with E-state index >= 15 is 0 Å². The molecule has 0 aromatic heterocycles. The fourth-order valence-electron chi connectivity index (χ4n) is 5.92. The molecule has 0 fully saturated rings. The Labute approximate surface area is 217 Å². The summed E-state index contributed by atoms with van der Waals surface area (Å²) in [7, 11) is 0.559. The third-order valence-corrected chi connectivity index (χ3v) is 8.21. The van der Waals surface area contributed by atoms with Crippen LogP contribution < -0.4 is 9.16 Å². The Morgan fingerprint density at radius 3 is 2.22 bits per heavy atom. The third kappa shape index (κ3) is 4.34. The second-order valence-corrected chi connectivity index (χ2v) is 13.0. The van der Waals surface area contributed by atoms with Gasteiger partial charge in [-0.15, -0.1) is 0 Å². The van der Waals surface area contributed by atoms with E-state index in [0.717, 1.165) is 33.8 Å². The summed E-state index contributed by atoms with van der Waals surface area (Å²) in [6, 6.07) is 22.5. The van der Waals surface area contributed by atoms with Crippen LogP contribution in [0.25, 0.3) is 0 Å². The topological polar surface area (TPSA) is 55.8 Å². The predicted octanol–water partition coefficient (Wildman–Crippen LogP) is 7.17. The molecule has 0 aliphatic heterocycles. The first-order valence-corrected chi connectivity index (χ1v) is 15.0. The number of hydrogen-bond donors (Lipinski definition) is 1. The molecule has 0 saturated heterocycles. The summed E-state index contributed by atoms with van der Waals surface area (Å²) in [6.45, 7) is 12.9. The lowest BCUT2D eigenvalue weighted by Gasteiger charge is -2.38. The van der Waals surface area contributed by atoms with E-state index in [9.17, 15) is 9.90 Å². The van der Waals surface area contributed by atoms with Crippen molar-refractivity contribution >= 4 is 15.0 Å². The van der Waals surface area contributed by atoms with Crippen molar-refractivity contribution in [2.75, 3.05) is 7.11 Å². The Bertz CT molecular complexity index is 1240. The molecule has 1 radical (unpaired) electrons. The Hall–Kier alpha value is -3.05. The summed E-state index contributed by atoms with van der Waals surface area (Å²) in [5, 5.41) is 10.8. The maximum absolute atomic E-state index is 13.2. The molecule has 5 heteroatoms. The Balaban J connectivity index is 2.02. The highest BCUT2D eigenvalue weighted by atomic mass is 28.3. The van der Waals surface area contributed by atoms with Gasteiger partial charge in [0.2, 0.25) is 0 Å². The van der Waals surface area contributed by atoms with Crippen molar-refractivity contribution in [1.29, 1.82) is 0 Å². The molecule has 0 amide bonds. The Kier molecular flexibility index (Phi) is 7.07. The molecule has 4 rings (SSSR count). The van der Waals surface area contributed by atoms with E-state index in [4.69, 9.17) is 9.16 Å². The summed E-state index contributed by atoms with van der Waals surface area (Å²) < 4.78 is 11.9. The zero-order valence-corrected chi connectivity index (χ0v) is 23.4. The van der Waals surface area contributed by atoms with Gasteiger partial charge < -0.3 is 14.3 Å². The minimum atomic E-state index is -1.08. The molecule has 36 heavy (non-hydrogen) atoms. The quantitative estimate of drug-likeness (QED) is 0.349. The second-order valence-electron chi connectivity index (χ2n) is 11.0. The largest absolute Gasteiger partial charge is 0.542 e. The minimum Gasteiger partial charge on any atom is -0.542 e. The van der Waals surface area contributed by atoms with Gasteiger partial charge >= 0.3 is 5.97 Å². The maximum Gasteiger partial charge on any atom is 0.308 e.